The molecule has 0 fully saturated rings. The number of benzene rings is 2. The lowest BCUT2D eigenvalue weighted by Gasteiger charge is -2.20. The second kappa shape index (κ2) is 8.78. The van der Waals surface area contributed by atoms with E-state index in [9.17, 15) is 13.2 Å². The molecule has 4 aromatic rings. The van der Waals surface area contributed by atoms with E-state index in [0.29, 0.717) is 35.2 Å². The fourth-order valence-electron chi connectivity index (χ4n) is 3.12. The topological polar surface area (TPSA) is 85.2 Å². The number of anilines is 1. The van der Waals surface area contributed by atoms with Crippen molar-refractivity contribution < 1.29 is 13.2 Å². The SMILES string of the molecule is CS(=O)(=O)c1ccc(C(=O)N(CCCn2ccnc2)c2nc3ccc(Cl)cc3s2)cc1. The molecule has 2 heterocycles. The third kappa shape index (κ3) is 4.95. The normalized spacial score (nSPS) is 11.7. The number of sulfone groups is 1. The monoisotopic (exact) mass is 474 g/mol. The van der Waals surface area contributed by atoms with Crippen molar-refractivity contribution in [3.8, 4) is 0 Å². The van der Waals surface area contributed by atoms with Gasteiger partial charge in [-0.25, -0.2) is 18.4 Å². The summed E-state index contributed by atoms with van der Waals surface area (Å²) in [5, 5.41) is 1.18. The number of hydrogen-bond acceptors (Lipinski definition) is 6. The molecule has 0 saturated heterocycles. The summed E-state index contributed by atoms with van der Waals surface area (Å²) < 4.78 is 26.3. The number of fused-ring (bicyclic) bond motifs is 1. The van der Waals surface area contributed by atoms with Crippen LogP contribution in [0.4, 0.5) is 5.13 Å². The summed E-state index contributed by atoms with van der Waals surface area (Å²) in [4.78, 5) is 23.8. The van der Waals surface area contributed by atoms with Crippen molar-refractivity contribution in [3.05, 3.63) is 71.8 Å². The molecule has 0 saturated carbocycles. The number of hydrogen-bond donors (Lipinski definition) is 0. The number of rotatable bonds is 7. The second-order valence-electron chi connectivity index (χ2n) is 7.02. The molecular weight excluding hydrogens is 456 g/mol. The van der Waals surface area contributed by atoms with Crippen LogP contribution in [0.15, 0.2) is 66.1 Å². The van der Waals surface area contributed by atoms with E-state index in [1.807, 2.05) is 22.9 Å². The lowest BCUT2D eigenvalue weighted by Crippen LogP contribution is -2.32. The lowest BCUT2D eigenvalue weighted by atomic mass is 10.2. The average molecular weight is 475 g/mol. The molecule has 0 aliphatic heterocycles. The Bertz CT molecular complexity index is 1320. The number of amides is 1. The van der Waals surface area contributed by atoms with Gasteiger partial charge in [0.2, 0.25) is 0 Å². The zero-order chi connectivity index (χ0) is 22.0. The van der Waals surface area contributed by atoms with Crippen LogP contribution in [0.25, 0.3) is 10.2 Å². The molecule has 0 aliphatic carbocycles. The van der Waals surface area contributed by atoms with Gasteiger partial charge in [0.15, 0.2) is 15.0 Å². The van der Waals surface area contributed by atoms with Gasteiger partial charge in [-0.3, -0.25) is 9.69 Å². The number of aromatic nitrogens is 3. The zero-order valence-electron chi connectivity index (χ0n) is 16.6. The minimum atomic E-state index is -3.33. The third-order valence-electron chi connectivity index (χ3n) is 4.70. The first-order chi connectivity index (χ1) is 14.8. The third-order valence-corrected chi connectivity index (χ3v) is 7.11. The van der Waals surface area contributed by atoms with Gasteiger partial charge >= 0.3 is 0 Å². The molecule has 0 radical (unpaired) electrons. The zero-order valence-corrected chi connectivity index (χ0v) is 19.0. The smallest absolute Gasteiger partial charge is 0.260 e. The van der Waals surface area contributed by atoms with Crippen molar-refractivity contribution >= 4 is 54.0 Å². The molecule has 1 amide bonds. The van der Waals surface area contributed by atoms with E-state index in [1.165, 1.54) is 35.6 Å². The van der Waals surface area contributed by atoms with Gasteiger partial charge in [-0.2, -0.15) is 0 Å². The van der Waals surface area contributed by atoms with Crippen LogP contribution in [-0.2, 0) is 16.4 Å². The highest BCUT2D eigenvalue weighted by Crippen LogP contribution is 2.31. The number of carbonyl (C=O) groups excluding carboxylic acids is 1. The van der Waals surface area contributed by atoms with Crippen molar-refractivity contribution in [2.75, 3.05) is 17.7 Å². The van der Waals surface area contributed by atoms with Crippen molar-refractivity contribution in [1.29, 1.82) is 0 Å². The Hall–Kier alpha value is -2.75. The van der Waals surface area contributed by atoms with Gasteiger partial charge in [0.05, 0.1) is 21.4 Å². The Morgan fingerprint density at radius 1 is 1.19 bits per heavy atom. The maximum atomic E-state index is 13.3. The number of aryl methyl sites for hydroxylation is 1. The molecule has 0 aliphatic rings. The molecule has 2 aromatic carbocycles. The number of carbonyl (C=O) groups is 1. The Morgan fingerprint density at radius 2 is 1.97 bits per heavy atom. The fraction of sp³-hybridized carbons (Fsp3) is 0.190. The summed E-state index contributed by atoms with van der Waals surface area (Å²) in [5.41, 5.74) is 1.16. The van der Waals surface area contributed by atoms with Gasteiger partial charge < -0.3 is 4.57 Å². The van der Waals surface area contributed by atoms with Gasteiger partial charge in [-0.1, -0.05) is 22.9 Å². The molecule has 2 aromatic heterocycles. The predicted octanol–water partition coefficient (Wildman–Crippen LogP) is 4.29. The maximum absolute atomic E-state index is 13.3. The minimum Gasteiger partial charge on any atom is -0.337 e. The van der Waals surface area contributed by atoms with E-state index in [1.54, 1.807) is 23.5 Å². The molecule has 31 heavy (non-hydrogen) atoms. The number of imidazole rings is 1. The maximum Gasteiger partial charge on any atom is 0.260 e. The van der Waals surface area contributed by atoms with Gasteiger partial charge in [0, 0.05) is 42.3 Å². The molecule has 10 heteroatoms. The quantitative estimate of drug-likeness (QED) is 0.399. The number of thiazole rings is 1. The summed E-state index contributed by atoms with van der Waals surface area (Å²) in [6.45, 7) is 1.14. The first-order valence-corrected chi connectivity index (χ1v) is 12.5. The van der Waals surface area contributed by atoms with Crippen LogP contribution >= 0.6 is 22.9 Å². The van der Waals surface area contributed by atoms with Crippen LogP contribution in [0.2, 0.25) is 5.02 Å². The van der Waals surface area contributed by atoms with E-state index in [4.69, 9.17) is 11.6 Å². The van der Waals surface area contributed by atoms with Crippen molar-refractivity contribution in [3.63, 3.8) is 0 Å². The Kier molecular flexibility index (Phi) is 6.08. The molecular formula is C21H19ClN4O3S2. The van der Waals surface area contributed by atoms with Crippen molar-refractivity contribution in [2.45, 2.75) is 17.9 Å². The van der Waals surface area contributed by atoms with E-state index in [0.717, 1.165) is 16.5 Å². The minimum absolute atomic E-state index is 0.172. The lowest BCUT2D eigenvalue weighted by molar-refractivity contribution is 0.0986. The van der Waals surface area contributed by atoms with E-state index < -0.39 is 9.84 Å². The molecule has 0 N–H and O–H groups in total. The summed E-state index contributed by atoms with van der Waals surface area (Å²) >= 11 is 7.49. The van der Waals surface area contributed by atoms with Crippen molar-refractivity contribution in [1.82, 2.24) is 14.5 Å². The number of nitrogens with zero attached hydrogens (tertiary/aromatic N) is 4. The van der Waals surface area contributed by atoms with E-state index in [2.05, 4.69) is 9.97 Å². The highest BCUT2D eigenvalue weighted by Gasteiger charge is 2.22. The molecule has 0 atom stereocenters. The summed E-state index contributed by atoms with van der Waals surface area (Å²) in [6, 6.07) is 11.4. The fourth-order valence-corrected chi connectivity index (χ4v) is 5.01. The average Bonchev–Trinajstić information content (AvgIpc) is 3.39. The number of halogens is 1. The van der Waals surface area contributed by atoms with Gasteiger partial charge in [0.1, 0.15) is 0 Å². The summed E-state index contributed by atoms with van der Waals surface area (Å²) in [5.74, 6) is -0.240. The molecule has 0 bridgehead atoms. The van der Waals surface area contributed by atoms with Gasteiger partial charge in [-0.05, 0) is 48.9 Å². The molecule has 7 nitrogen and oxygen atoms in total. The standard InChI is InChI=1S/C21H19ClN4O3S2/c1-31(28,29)17-6-3-15(4-7-17)20(27)26(11-2-10-25-12-9-23-14-25)21-24-18-8-5-16(22)13-19(18)30-21/h3-9,12-14H,2,10-11H2,1H3. The molecule has 4 rings (SSSR count). The summed E-state index contributed by atoms with van der Waals surface area (Å²) in [7, 11) is -3.33. The van der Waals surface area contributed by atoms with Crippen molar-refractivity contribution in [2.24, 2.45) is 0 Å². The van der Waals surface area contributed by atoms with Crippen LogP contribution in [-0.4, -0.2) is 41.7 Å². The predicted molar refractivity (Wildman–Crippen MR) is 123 cm³/mol. The summed E-state index contributed by atoms with van der Waals surface area (Å²) in [6.07, 6.45) is 7.15. The first kappa shape index (κ1) is 21.5. The Labute approximate surface area is 188 Å². The molecule has 0 unspecified atom stereocenters. The van der Waals surface area contributed by atoms with Crippen LogP contribution in [0.3, 0.4) is 0 Å². The Morgan fingerprint density at radius 3 is 2.65 bits per heavy atom. The van der Waals surface area contributed by atoms with E-state index >= 15 is 0 Å². The van der Waals surface area contributed by atoms with Crippen LogP contribution in [0, 0.1) is 0 Å². The Balaban J connectivity index is 1.63. The first-order valence-electron chi connectivity index (χ1n) is 9.45. The van der Waals surface area contributed by atoms with Gasteiger partial charge in [-0.15, -0.1) is 0 Å². The highest BCUT2D eigenvalue weighted by atomic mass is 35.5. The van der Waals surface area contributed by atoms with Crippen LogP contribution < -0.4 is 4.90 Å². The molecule has 0 spiro atoms. The van der Waals surface area contributed by atoms with Crippen LogP contribution in [0.5, 0.6) is 0 Å². The second-order valence-corrected chi connectivity index (χ2v) is 10.5. The van der Waals surface area contributed by atoms with Crippen LogP contribution in [0.1, 0.15) is 16.8 Å². The van der Waals surface area contributed by atoms with E-state index in [-0.39, 0.29) is 10.8 Å². The highest BCUT2D eigenvalue weighted by molar-refractivity contribution is 7.90. The van der Waals surface area contributed by atoms with Gasteiger partial charge in [0.25, 0.3) is 5.91 Å². The largest absolute Gasteiger partial charge is 0.337 e. The molecule has 160 valence electrons.